The van der Waals surface area contributed by atoms with Gasteiger partial charge in [0, 0.05) is 24.4 Å². The summed E-state index contributed by atoms with van der Waals surface area (Å²) >= 11 is 1.30. The van der Waals surface area contributed by atoms with Crippen molar-refractivity contribution in [3.8, 4) is 11.5 Å². The van der Waals surface area contributed by atoms with Crippen molar-refractivity contribution >= 4 is 29.3 Å². The van der Waals surface area contributed by atoms with Crippen molar-refractivity contribution in [1.82, 2.24) is 20.1 Å². The highest BCUT2D eigenvalue weighted by Gasteiger charge is 2.27. The van der Waals surface area contributed by atoms with Gasteiger partial charge in [-0.25, -0.2) is 0 Å². The molecule has 0 spiro atoms. The van der Waals surface area contributed by atoms with Crippen LogP contribution in [0.4, 0.5) is 5.69 Å². The first-order valence-corrected chi connectivity index (χ1v) is 11.8. The van der Waals surface area contributed by atoms with E-state index in [4.69, 9.17) is 9.47 Å². The molecule has 1 aliphatic heterocycles. The number of thioether (sulfide) groups is 1. The van der Waals surface area contributed by atoms with Gasteiger partial charge >= 0.3 is 0 Å². The van der Waals surface area contributed by atoms with Crippen molar-refractivity contribution in [2.45, 2.75) is 37.2 Å². The Morgan fingerprint density at radius 2 is 1.76 bits per heavy atom. The van der Waals surface area contributed by atoms with Crippen LogP contribution in [0.5, 0.6) is 11.5 Å². The summed E-state index contributed by atoms with van der Waals surface area (Å²) in [6.07, 6.45) is 0. The van der Waals surface area contributed by atoms with Gasteiger partial charge in [-0.3, -0.25) is 9.59 Å². The molecule has 1 aromatic heterocycles. The second kappa shape index (κ2) is 10.2. The summed E-state index contributed by atoms with van der Waals surface area (Å²) in [6, 6.07) is 14.0. The van der Waals surface area contributed by atoms with Crippen LogP contribution in [0.15, 0.2) is 53.7 Å². The Bertz CT molecular complexity index is 1180. The van der Waals surface area contributed by atoms with Crippen molar-refractivity contribution in [2.75, 3.05) is 12.1 Å². The average Bonchev–Trinajstić information content (AvgIpc) is 3.44. The molecule has 2 amide bonds. The Morgan fingerprint density at radius 3 is 2.50 bits per heavy atom. The van der Waals surface area contributed by atoms with E-state index in [1.54, 1.807) is 37.3 Å². The topological polar surface area (TPSA) is 107 Å². The molecular weight excluding hydrogens is 454 g/mol. The molecule has 9 nitrogen and oxygen atoms in total. The third kappa shape index (κ3) is 5.17. The lowest BCUT2D eigenvalue weighted by Gasteiger charge is -2.22. The molecule has 2 atom stereocenters. The lowest BCUT2D eigenvalue weighted by Crippen LogP contribution is -2.33. The summed E-state index contributed by atoms with van der Waals surface area (Å²) in [5, 5.41) is 14.7. The maximum absolute atomic E-state index is 12.8. The number of nitrogens with one attached hydrogen (secondary N) is 2. The number of rotatable bonds is 8. The molecule has 2 heterocycles. The van der Waals surface area contributed by atoms with Crippen molar-refractivity contribution in [2.24, 2.45) is 13.0 Å². The van der Waals surface area contributed by atoms with E-state index in [1.807, 2.05) is 43.7 Å². The predicted molar refractivity (Wildman–Crippen MR) is 129 cm³/mol. The quantitative estimate of drug-likeness (QED) is 0.471. The number of fused-ring (bicyclic) bond motifs is 1. The lowest BCUT2D eigenvalue weighted by molar-refractivity contribution is -0.115. The average molecular weight is 482 g/mol. The van der Waals surface area contributed by atoms with Gasteiger partial charge in [-0.05, 0) is 37.1 Å². The molecule has 10 heteroatoms. The number of carbonyl (C=O) groups excluding carboxylic acids is 2. The second-order valence-electron chi connectivity index (χ2n) is 8.28. The molecule has 0 bridgehead atoms. The number of nitrogens with zero attached hydrogens (tertiary/aromatic N) is 3. The Kier molecular flexibility index (Phi) is 7.06. The number of aromatic nitrogens is 3. The first kappa shape index (κ1) is 23.6. The van der Waals surface area contributed by atoms with Crippen LogP contribution < -0.4 is 20.1 Å². The van der Waals surface area contributed by atoms with Crippen molar-refractivity contribution in [1.29, 1.82) is 0 Å². The number of carbonyl (C=O) groups is 2. The van der Waals surface area contributed by atoms with Crippen molar-refractivity contribution in [3.63, 3.8) is 0 Å². The van der Waals surface area contributed by atoms with Gasteiger partial charge in [0.25, 0.3) is 5.91 Å². The number of amides is 2. The minimum absolute atomic E-state index is 0.0835. The van der Waals surface area contributed by atoms with Gasteiger partial charge in [0.05, 0.1) is 11.3 Å². The number of hydrogen-bond acceptors (Lipinski definition) is 7. The van der Waals surface area contributed by atoms with E-state index in [2.05, 4.69) is 20.8 Å². The summed E-state index contributed by atoms with van der Waals surface area (Å²) in [5.74, 6) is 1.63. The molecule has 0 fully saturated rings. The van der Waals surface area contributed by atoms with Gasteiger partial charge in [0.2, 0.25) is 12.7 Å². The van der Waals surface area contributed by atoms with Gasteiger partial charge in [0.15, 0.2) is 22.5 Å². The van der Waals surface area contributed by atoms with E-state index in [-0.39, 0.29) is 30.6 Å². The maximum atomic E-state index is 12.8. The summed E-state index contributed by atoms with van der Waals surface area (Å²) in [5.41, 5.74) is 1.21. The third-order valence-corrected chi connectivity index (χ3v) is 6.56. The molecule has 34 heavy (non-hydrogen) atoms. The van der Waals surface area contributed by atoms with Crippen LogP contribution in [0, 0.1) is 5.92 Å². The van der Waals surface area contributed by atoms with Crippen LogP contribution in [0.3, 0.4) is 0 Å². The molecule has 2 aromatic carbocycles. The maximum Gasteiger partial charge on any atom is 0.251 e. The van der Waals surface area contributed by atoms with E-state index >= 15 is 0 Å². The molecule has 0 saturated carbocycles. The molecule has 1 aliphatic rings. The predicted octanol–water partition coefficient (Wildman–Crippen LogP) is 3.79. The molecule has 0 saturated heterocycles. The van der Waals surface area contributed by atoms with E-state index in [1.165, 1.54) is 11.8 Å². The van der Waals surface area contributed by atoms with Crippen LogP contribution in [0.1, 0.15) is 43.0 Å². The lowest BCUT2D eigenvalue weighted by atomic mass is 10.0. The zero-order chi connectivity index (χ0) is 24.2. The molecule has 0 radical (unpaired) electrons. The van der Waals surface area contributed by atoms with Crippen molar-refractivity contribution in [3.05, 3.63) is 59.9 Å². The fourth-order valence-electron chi connectivity index (χ4n) is 3.47. The molecule has 3 aromatic rings. The molecule has 178 valence electrons. The Balaban J connectivity index is 1.43. The summed E-state index contributed by atoms with van der Waals surface area (Å²) in [4.78, 5) is 25.5. The van der Waals surface area contributed by atoms with E-state index in [0.29, 0.717) is 33.7 Å². The fraction of sp³-hybridized carbons (Fsp3) is 0.333. The van der Waals surface area contributed by atoms with Gasteiger partial charge in [-0.1, -0.05) is 43.8 Å². The zero-order valence-corrected chi connectivity index (χ0v) is 20.3. The SMILES string of the molecule is CC(C)[C@H](NC(=O)c1ccccc1)c1nnc(S[C@@H](C)C(=O)Nc2ccc3c(c2)OCO3)n1C. The van der Waals surface area contributed by atoms with E-state index < -0.39 is 5.25 Å². The summed E-state index contributed by atoms with van der Waals surface area (Å²) < 4.78 is 12.5. The molecule has 0 unspecified atom stereocenters. The van der Waals surface area contributed by atoms with Gasteiger partial charge in [0.1, 0.15) is 0 Å². The van der Waals surface area contributed by atoms with Crippen LogP contribution in [-0.2, 0) is 11.8 Å². The molecule has 0 aliphatic carbocycles. The Hall–Kier alpha value is -3.53. The van der Waals surface area contributed by atoms with E-state index in [9.17, 15) is 9.59 Å². The number of benzene rings is 2. The highest BCUT2D eigenvalue weighted by Crippen LogP contribution is 2.34. The first-order valence-electron chi connectivity index (χ1n) is 11.0. The number of hydrogen-bond donors (Lipinski definition) is 2. The molecular formula is C24H27N5O4S. The fourth-order valence-corrected chi connectivity index (χ4v) is 4.29. The minimum atomic E-state index is -0.433. The largest absolute Gasteiger partial charge is 0.454 e. The third-order valence-electron chi connectivity index (χ3n) is 5.43. The monoisotopic (exact) mass is 481 g/mol. The smallest absolute Gasteiger partial charge is 0.251 e. The normalized spacial score (nSPS) is 14.0. The Morgan fingerprint density at radius 1 is 1.03 bits per heavy atom. The molecule has 2 N–H and O–H groups in total. The van der Waals surface area contributed by atoms with Crippen LogP contribution >= 0.6 is 11.8 Å². The van der Waals surface area contributed by atoms with Crippen LogP contribution in [-0.4, -0.2) is 38.6 Å². The summed E-state index contributed by atoms with van der Waals surface area (Å²) in [7, 11) is 1.84. The highest BCUT2D eigenvalue weighted by molar-refractivity contribution is 8.00. The van der Waals surface area contributed by atoms with Crippen molar-refractivity contribution < 1.29 is 19.1 Å². The van der Waals surface area contributed by atoms with Crippen LogP contribution in [0.25, 0.3) is 0 Å². The molecule has 4 rings (SSSR count). The Labute approximate surface area is 202 Å². The number of anilines is 1. The van der Waals surface area contributed by atoms with Gasteiger partial charge in [-0.2, -0.15) is 0 Å². The van der Waals surface area contributed by atoms with E-state index in [0.717, 1.165) is 0 Å². The zero-order valence-electron chi connectivity index (χ0n) is 19.4. The van der Waals surface area contributed by atoms with Gasteiger partial charge in [-0.15, -0.1) is 10.2 Å². The van der Waals surface area contributed by atoms with Crippen LogP contribution in [0.2, 0.25) is 0 Å². The minimum Gasteiger partial charge on any atom is -0.454 e. The highest BCUT2D eigenvalue weighted by atomic mass is 32.2. The number of ether oxygens (including phenoxy) is 2. The van der Waals surface area contributed by atoms with Gasteiger partial charge < -0.3 is 24.7 Å². The standard InChI is InChI=1S/C24H27N5O4S/c1-14(2)20(26-23(31)16-8-6-5-7-9-16)21-27-28-24(29(21)4)34-15(3)22(30)25-17-10-11-18-19(12-17)33-13-32-18/h5-12,14-15,20H,13H2,1-4H3,(H,25,30)(H,26,31)/t15-,20-/m0/s1. The second-order valence-corrected chi connectivity index (χ2v) is 9.59. The summed E-state index contributed by atoms with van der Waals surface area (Å²) in [6.45, 7) is 6.01. The first-order chi connectivity index (χ1) is 16.3.